The van der Waals surface area contributed by atoms with Crippen LogP contribution in [0.15, 0.2) is 30.3 Å². The molecule has 4 rings (SSSR count). The highest BCUT2D eigenvalue weighted by atomic mass is 35.5. The van der Waals surface area contributed by atoms with Crippen molar-refractivity contribution in [1.29, 1.82) is 0 Å². The number of nitrogens with one attached hydrogen (secondary N) is 1. The van der Waals surface area contributed by atoms with Crippen LogP contribution in [0.4, 0.5) is 14.6 Å². The summed E-state index contributed by atoms with van der Waals surface area (Å²) in [4.78, 5) is 24.5. The minimum atomic E-state index is -2.57. The van der Waals surface area contributed by atoms with E-state index in [0.29, 0.717) is 13.0 Å². The maximum atomic E-state index is 12.9. The lowest BCUT2D eigenvalue weighted by Gasteiger charge is -2.43. The Bertz CT molecular complexity index is 948. The predicted octanol–water partition coefficient (Wildman–Crippen LogP) is 2.44. The third-order valence-electron chi connectivity index (χ3n) is 5.82. The number of fused-ring (bicyclic) bond motifs is 1. The van der Waals surface area contributed by atoms with Gasteiger partial charge in [0, 0.05) is 38.3 Å². The van der Waals surface area contributed by atoms with Crippen molar-refractivity contribution in [3.05, 3.63) is 52.4 Å². The molecule has 0 bridgehead atoms. The zero-order valence-electron chi connectivity index (χ0n) is 16.8. The number of nitrogens with zero attached hydrogens (tertiary/aromatic N) is 4. The van der Waals surface area contributed by atoms with Gasteiger partial charge in [0.1, 0.15) is 11.5 Å². The van der Waals surface area contributed by atoms with Crippen LogP contribution in [-0.4, -0.2) is 75.5 Å². The molecule has 166 valence electrons. The summed E-state index contributed by atoms with van der Waals surface area (Å²) in [5.41, 5.74) is 2.63. The molecule has 2 N–H and O–H groups in total. The van der Waals surface area contributed by atoms with Crippen molar-refractivity contribution < 1.29 is 18.7 Å². The van der Waals surface area contributed by atoms with E-state index in [1.54, 1.807) is 0 Å². The number of β-amino-alcohol motifs (C(OH)–C–C–N with tert-alkyl or cyclic N) is 1. The van der Waals surface area contributed by atoms with Crippen LogP contribution in [0.25, 0.3) is 0 Å². The molecule has 2 aromatic rings. The number of hydrogen-bond acceptors (Lipinski definition) is 6. The molecule has 0 unspecified atom stereocenters. The Morgan fingerprint density at radius 3 is 2.77 bits per heavy atom. The van der Waals surface area contributed by atoms with Crippen LogP contribution in [0.5, 0.6) is 0 Å². The molecule has 3 heterocycles. The van der Waals surface area contributed by atoms with E-state index in [1.807, 2.05) is 12.1 Å². The molecule has 1 amide bonds. The summed E-state index contributed by atoms with van der Waals surface area (Å²) in [7, 11) is 0. The van der Waals surface area contributed by atoms with Gasteiger partial charge in [0.15, 0.2) is 0 Å². The molecule has 1 aromatic heterocycles. The Morgan fingerprint density at radius 2 is 2.03 bits per heavy atom. The number of hydrogen-bond donors (Lipinski definition) is 2. The lowest BCUT2D eigenvalue weighted by Crippen LogP contribution is -2.56. The molecular formula is C21H24ClF2N5O2. The summed E-state index contributed by atoms with van der Waals surface area (Å²) in [5.74, 6) is -0.350. The number of amides is 1. The first kappa shape index (κ1) is 21.9. The van der Waals surface area contributed by atoms with Crippen LogP contribution >= 0.6 is 11.6 Å². The molecule has 2 aliphatic rings. The molecule has 1 aromatic carbocycles. The Morgan fingerprint density at radius 1 is 1.26 bits per heavy atom. The highest BCUT2D eigenvalue weighted by molar-refractivity contribution is 6.28. The highest BCUT2D eigenvalue weighted by Gasteiger charge is 2.35. The number of aliphatic hydroxyl groups is 1. The number of halogens is 3. The molecule has 2 atom stereocenters. The second-order valence-corrected chi connectivity index (χ2v) is 8.18. The number of piperidine rings is 1. The van der Waals surface area contributed by atoms with E-state index >= 15 is 0 Å². The van der Waals surface area contributed by atoms with E-state index in [0.717, 1.165) is 19.5 Å². The smallest absolute Gasteiger partial charge is 0.272 e. The minimum Gasteiger partial charge on any atom is -0.390 e. The molecule has 31 heavy (non-hydrogen) atoms. The van der Waals surface area contributed by atoms with Gasteiger partial charge in [0.2, 0.25) is 5.28 Å². The Kier molecular flexibility index (Phi) is 6.64. The number of carbonyl (C=O) groups excluding carboxylic acids is 1. The van der Waals surface area contributed by atoms with Crippen LogP contribution in [-0.2, 0) is 13.0 Å². The van der Waals surface area contributed by atoms with Crippen molar-refractivity contribution in [3.63, 3.8) is 0 Å². The van der Waals surface area contributed by atoms with Gasteiger partial charge in [0.25, 0.3) is 12.3 Å². The summed E-state index contributed by atoms with van der Waals surface area (Å²) in [5, 5.41) is 13.0. The van der Waals surface area contributed by atoms with E-state index in [-0.39, 0.29) is 29.4 Å². The molecule has 0 saturated carbocycles. The zero-order valence-corrected chi connectivity index (χ0v) is 17.6. The van der Waals surface area contributed by atoms with Crippen LogP contribution in [0, 0.1) is 0 Å². The molecule has 0 radical (unpaired) electrons. The van der Waals surface area contributed by atoms with Crippen molar-refractivity contribution in [2.45, 2.75) is 38.0 Å². The molecule has 0 spiro atoms. The van der Waals surface area contributed by atoms with Crippen LogP contribution in [0.2, 0.25) is 5.28 Å². The lowest BCUT2D eigenvalue weighted by atomic mass is 9.94. The van der Waals surface area contributed by atoms with E-state index in [1.165, 1.54) is 22.1 Å². The van der Waals surface area contributed by atoms with Gasteiger partial charge in [-0.05, 0) is 35.6 Å². The quantitative estimate of drug-likeness (QED) is 0.680. The number of anilines is 1. The van der Waals surface area contributed by atoms with Gasteiger partial charge in [-0.15, -0.1) is 0 Å². The average Bonchev–Trinajstić information content (AvgIpc) is 2.76. The van der Waals surface area contributed by atoms with E-state index in [9.17, 15) is 18.7 Å². The van der Waals surface area contributed by atoms with Gasteiger partial charge in [-0.1, -0.05) is 24.3 Å². The Labute approximate surface area is 184 Å². The van der Waals surface area contributed by atoms with Crippen molar-refractivity contribution in [1.82, 2.24) is 19.8 Å². The maximum absolute atomic E-state index is 12.9. The third kappa shape index (κ3) is 5.11. The molecule has 0 aliphatic carbocycles. The first-order valence-corrected chi connectivity index (χ1v) is 10.6. The molecule has 1 fully saturated rings. The standard InChI is InChI=1S/C21H24ClF2N5O2/c22-21-26-15(9-19(27-21)25-10-18(23)24)20(31)29-8-6-16(17(30)12-29)28-7-5-13-3-1-2-4-14(13)11-28/h1-4,9,16-18,30H,5-8,10-12H2,(H,25,26,27)/t16-,17-/m1/s1. The number of aromatic nitrogens is 2. The first-order chi connectivity index (χ1) is 14.9. The number of benzene rings is 1. The molecule has 2 aliphatic heterocycles. The summed E-state index contributed by atoms with van der Waals surface area (Å²) >= 11 is 5.87. The molecule has 10 heteroatoms. The number of likely N-dealkylation sites (tertiary alicyclic amines) is 1. The van der Waals surface area contributed by atoms with Crippen molar-refractivity contribution in [2.24, 2.45) is 0 Å². The van der Waals surface area contributed by atoms with E-state index in [4.69, 9.17) is 11.6 Å². The minimum absolute atomic E-state index is 0.00863. The van der Waals surface area contributed by atoms with Gasteiger partial charge < -0.3 is 15.3 Å². The lowest BCUT2D eigenvalue weighted by molar-refractivity contribution is -0.0139. The summed E-state index contributed by atoms with van der Waals surface area (Å²) in [6.07, 6.45) is -1.69. The van der Waals surface area contributed by atoms with Crippen molar-refractivity contribution in [3.8, 4) is 0 Å². The van der Waals surface area contributed by atoms with Gasteiger partial charge in [-0.2, -0.15) is 0 Å². The fourth-order valence-corrected chi connectivity index (χ4v) is 4.47. The summed E-state index contributed by atoms with van der Waals surface area (Å²) in [6.45, 7) is 1.67. The van der Waals surface area contributed by atoms with Crippen LogP contribution in [0.3, 0.4) is 0 Å². The van der Waals surface area contributed by atoms with Gasteiger partial charge in [-0.25, -0.2) is 18.7 Å². The predicted molar refractivity (Wildman–Crippen MR) is 112 cm³/mol. The fourth-order valence-electron chi connectivity index (χ4n) is 4.29. The summed E-state index contributed by atoms with van der Waals surface area (Å²) in [6, 6.07) is 9.59. The van der Waals surface area contributed by atoms with E-state index < -0.39 is 25.0 Å². The second kappa shape index (κ2) is 9.42. The average molecular weight is 452 g/mol. The molecule has 1 saturated heterocycles. The normalized spacial score (nSPS) is 21.8. The number of carbonyl (C=O) groups is 1. The third-order valence-corrected chi connectivity index (χ3v) is 5.99. The van der Waals surface area contributed by atoms with Crippen LogP contribution < -0.4 is 5.32 Å². The number of rotatable bonds is 5. The Balaban J connectivity index is 1.40. The maximum Gasteiger partial charge on any atom is 0.272 e. The topological polar surface area (TPSA) is 81.6 Å². The van der Waals surface area contributed by atoms with Gasteiger partial charge in [0.05, 0.1) is 12.6 Å². The van der Waals surface area contributed by atoms with Crippen LogP contribution in [0.1, 0.15) is 28.0 Å². The number of aliphatic hydroxyl groups excluding tert-OH is 1. The molecule has 7 nitrogen and oxygen atoms in total. The van der Waals surface area contributed by atoms with Crippen molar-refractivity contribution in [2.75, 3.05) is 31.5 Å². The van der Waals surface area contributed by atoms with Gasteiger partial charge in [-0.3, -0.25) is 9.69 Å². The van der Waals surface area contributed by atoms with Gasteiger partial charge >= 0.3 is 0 Å². The zero-order chi connectivity index (χ0) is 22.0. The SMILES string of the molecule is O=C(c1cc(NCC(F)F)nc(Cl)n1)N1CC[C@@H](N2CCc3ccccc3C2)[C@H](O)C1. The second-order valence-electron chi connectivity index (χ2n) is 7.84. The van der Waals surface area contributed by atoms with Crippen molar-refractivity contribution >= 4 is 23.3 Å². The Hall–Kier alpha value is -2.36. The highest BCUT2D eigenvalue weighted by Crippen LogP contribution is 2.26. The summed E-state index contributed by atoms with van der Waals surface area (Å²) < 4.78 is 24.9. The van der Waals surface area contributed by atoms with E-state index in [2.05, 4.69) is 32.3 Å². The first-order valence-electron chi connectivity index (χ1n) is 10.3. The fraction of sp³-hybridized carbons (Fsp3) is 0.476. The molecular weight excluding hydrogens is 428 g/mol. The largest absolute Gasteiger partial charge is 0.390 e. The number of alkyl halides is 2. The monoisotopic (exact) mass is 451 g/mol.